The molecule has 1 N–H and O–H groups in total. The lowest BCUT2D eigenvalue weighted by Crippen LogP contribution is -2.35. The van der Waals surface area contributed by atoms with E-state index in [2.05, 4.69) is 37.1 Å². The van der Waals surface area contributed by atoms with E-state index >= 15 is 0 Å². The summed E-state index contributed by atoms with van der Waals surface area (Å²) in [5, 5.41) is 11.8. The lowest BCUT2D eigenvalue weighted by Gasteiger charge is -2.24. The van der Waals surface area contributed by atoms with Crippen molar-refractivity contribution < 1.29 is 14.3 Å². The normalized spacial score (nSPS) is 18.8. The van der Waals surface area contributed by atoms with E-state index in [4.69, 9.17) is 9.47 Å². The molecule has 1 amide bonds. The third kappa shape index (κ3) is 3.94. The molecule has 5 rings (SSSR count). The van der Waals surface area contributed by atoms with Crippen molar-refractivity contribution in [2.45, 2.75) is 45.2 Å². The van der Waals surface area contributed by atoms with Gasteiger partial charge >= 0.3 is 0 Å². The first kappa shape index (κ1) is 18.4. The molecule has 2 aliphatic heterocycles. The fourth-order valence-corrected chi connectivity index (χ4v) is 4.18. The molecule has 0 radical (unpaired) electrons. The molecule has 8 nitrogen and oxygen atoms in total. The van der Waals surface area contributed by atoms with Crippen LogP contribution in [0.5, 0.6) is 11.5 Å². The predicted octanol–water partition coefficient (Wildman–Crippen LogP) is 1.52. The Morgan fingerprint density at radius 2 is 2.03 bits per heavy atom. The van der Waals surface area contributed by atoms with E-state index in [9.17, 15) is 4.79 Å². The second-order valence-electron chi connectivity index (χ2n) is 8.07. The van der Waals surface area contributed by atoms with Gasteiger partial charge in [-0.2, -0.15) is 0 Å². The van der Waals surface area contributed by atoms with E-state index in [1.807, 2.05) is 6.07 Å². The number of hydrogen-bond donors (Lipinski definition) is 1. The molecule has 0 spiro atoms. The summed E-state index contributed by atoms with van der Waals surface area (Å²) in [4.78, 5) is 14.4. The molecule has 1 saturated carbocycles. The van der Waals surface area contributed by atoms with Gasteiger partial charge in [-0.25, -0.2) is 0 Å². The summed E-state index contributed by atoms with van der Waals surface area (Å²) in [5.74, 6) is 4.10. The topological polar surface area (TPSA) is 81.5 Å². The van der Waals surface area contributed by atoms with Crippen LogP contribution in [-0.2, 0) is 30.7 Å². The van der Waals surface area contributed by atoms with Gasteiger partial charge in [-0.15, -0.1) is 10.2 Å². The van der Waals surface area contributed by atoms with E-state index < -0.39 is 0 Å². The van der Waals surface area contributed by atoms with Crippen molar-refractivity contribution in [3.05, 3.63) is 35.4 Å². The Balaban J connectivity index is 1.16. The highest BCUT2D eigenvalue weighted by Crippen LogP contribution is 2.33. The van der Waals surface area contributed by atoms with Crippen molar-refractivity contribution in [2.75, 3.05) is 26.4 Å². The number of hydrogen-bond acceptors (Lipinski definition) is 6. The minimum absolute atomic E-state index is 0.196. The molecule has 8 heteroatoms. The van der Waals surface area contributed by atoms with E-state index in [-0.39, 0.29) is 11.8 Å². The first-order valence-corrected chi connectivity index (χ1v) is 10.6. The maximum absolute atomic E-state index is 12.0. The molecule has 154 valence electrons. The Hall–Kier alpha value is -2.61. The van der Waals surface area contributed by atoms with Crippen LogP contribution in [0.25, 0.3) is 0 Å². The SMILES string of the molecule is O=C(NCCc1nnc2n1CCN(Cc1ccc3c(c1)OCO3)CC2)C1CCC1. The molecule has 1 fully saturated rings. The van der Waals surface area contributed by atoms with E-state index in [1.54, 1.807) is 0 Å². The Morgan fingerprint density at radius 1 is 1.14 bits per heavy atom. The molecule has 1 aromatic heterocycles. The number of nitrogens with one attached hydrogen (secondary N) is 1. The zero-order chi connectivity index (χ0) is 19.6. The number of carbonyl (C=O) groups is 1. The lowest BCUT2D eigenvalue weighted by atomic mass is 9.85. The number of nitrogens with zero attached hydrogens (tertiary/aromatic N) is 4. The van der Waals surface area contributed by atoms with Gasteiger partial charge in [0.15, 0.2) is 11.5 Å². The van der Waals surface area contributed by atoms with Gasteiger partial charge in [0.05, 0.1) is 0 Å². The van der Waals surface area contributed by atoms with Gasteiger partial charge in [-0.3, -0.25) is 9.69 Å². The summed E-state index contributed by atoms with van der Waals surface area (Å²) in [7, 11) is 0. The van der Waals surface area contributed by atoms with Gasteiger partial charge in [0.2, 0.25) is 12.7 Å². The van der Waals surface area contributed by atoms with Crippen molar-refractivity contribution in [1.82, 2.24) is 25.0 Å². The van der Waals surface area contributed by atoms with E-state index in [0.717, 1.165) is 75.0 Å². The average molecular weight is 397 g/mol. The monoisotopic (exact) mass is 397 g/mol. The predicted molar refractivity (Wildman–Crippen MR) is 106 cm³/mol. The van der Waals surface area contributed by atoms with Gasteiger partial charge in [-0.05, 0) is 30.5 Å². The molecule has 0 unspecified atom stereocenters. The molecule has 0 saturated heterocycles. The number of amides is 1. The molecule has 29 heavy (non-hydrogen) atoms. The molecule has 2 aromatic rings. The van der Waals surface area contributed by atoms with E-state index in [0.29, 0.717) is 13.3 Å². The number of benzene rings is 1. The first-order valence-electron chi connectivity index (χ1n) is 10.6. The van der Waals surface area contributed by atoms with Crippen LogP contribution in [0.4, 0.5) is 0 Å². The van der Waals surface area contributed by atoms with Gasteiger partial charge in [0.1, 0.15) is 11.6 Å². The third-order valence-corrected chi connectivity index (χ3v) is 6.16. The Kier molecular flexibility index (Phi) is 5.10. The standard InChI is InChI=1S/C21H27N5O3/c27-21(16-2-1-3-16)22-8-6-19-23-24-20-7-9-25(10-11-26(19)20)13-15-4-5-17-18(12-15)29-14-28-17/h4-5,12,16H,1-3,6-11,13-14H2,(H,22,27). The lowest BCUT2D eigenvalue weighted by molar-refractivity contribution is -0.127. The van der Waals surface area contributed by atoms with Crippen molar-refractivity contribution >= 4 is 5.91 Å². The third-order valence-electron chi connectivity index (χ3n) is 6.16. The highest BCUT2D eigenvalue weighted by molar-refractivity contribution is 5.79. The number of carbonyl (C=O) groups excluding carboxylic acids is 1. The molecule has 0 bridgehead atoms. The van der Waals surface area contributed by atoms with Crippen molar-refractivity contribution in [3.8, 4) is 11.5 Å². The summed E-state index contributed by atoms with van der Waals surface area (Å²) in [6.07, 6.45) is 4.86. The minimum atomic E-state index is 0.196. The Bertz CT molecular complexity index is 892. The summed E-state index contributed by atoms with van der Waals surface area (Å²) < 4.78 is 13.1. The van der Waals surface area contributed by atoms with Crippen molar-refractivity contribution in [1.29, 1.82) is 0 Å². The van der Waals surface area contributed by atoms with Crippen LogP contribution >= 0.6 is 0 Å². The maximum atomic E-state index is 12.0. The smallest absolute Gasteiger partial charge is 0.231 e. The second kappa shape index (κ2) is 8.02. The van der Waals surface area contributed by atoms with Crippen LogP contribution < -0.4 is 14.8 Å². The minimum Gasteiger partial charge on any atom is -0.454 e. The Morgan fingerprint density at radius 3 is 2.90 bits per heavy atom. The molecule has 1 aromatic carbocycles. The van der Waals surface area contributed by atoms with Gasteiger partial charge in [0, 0.05) is 51.5 Å². The van der Waals surface area contributed by atoms with Crippen molar-refractivity contribution in [2.24, 2.45) is 5.92 Å². The van der Waals surface area contributed by atoms with Crippen LogP contribution in [0, 0.1) is 5.92 Å². The molecule has 3 aliphatic rings. The summed E-state index contributed by atoms with van der Waals surface area (Å²) in [5.41, 5.74) is 1.23. The average Bonchev–Trinajstić information content (AvgIpc) is 3.24. The quantitative estimate of drug-likeness (QED) is 0.796. The fraction of sp³-hybridized carbons (Fsp3) is 0.571. The highest BCUT2D eigenvalue weighted by Gasteiger charge is 2.25. The van der Waals surface area contributed by atoms with Crippen LogP contribution in [0.2, 0.25) is 0 Å². The first-order chi connectivity index (χ1) is 14.3. The van der Waals surface area contributed by atoms with Crippen LogP contribution in [-0.4, -0.2) is 52.0 Å². The summed E-state index contributed by atoms with van der Waals surface area (Å²) >= 11 is 0. The number of rotatable bonds is 6. The van der Waals surface area contributed by atoms with Gasteiger partial charge < -0.3 is 19.4 Å². The zero-order valence-electron chi connectivity index (χ0n) is 16.6. The molecular formula is C21H27N5O3. The summed E-state index contributed by atoms with van der Waals surface area (Å²) in [6, 6.07) is 6.17. The second-order valence-corrected chi connectivity index (χ2v) is 8.07. The summed E-state index contributed by atoms with van der Waals surface area (Å²) in [6.45, 7) is 4.58. The Labute approximate surface area is 170 Å². The maximum Gasteiger partial charge on any atom is 0.231 e. The fourth-order valence-electron chi connectivity index (χ4n) is 4.18. The number of aromatic nitrogens is 3. The van der Waals surface area contributed by atoms with Crippen LogP contribution in [0.15, 0.2) is 18.2 Å². The number of fused-ring (bicyclic) bond motifs is 2. The molecular weight excluding hydrogens is 370 g/mol. The molecule has 0 atom stereocenters. The van der Waals surface area contributed by atoms with E-state index in [1.165, 1.54) is 12.0 Å². The van der Waals surface area contributed by atoms with Crippen LogP contribution in [0.3, 0.4) is 0 Å². The highest BCUT2D eigenvalue weighted by atomic mass is 16.7. The molecule has 3 heterocycles. The largest absolute Gasteiger partial charge is 0.454 e. The zero-order valence-corrected chi connectivity index (χ0v) is 16.6. The van der Waals surface area contributed by atoms with Gasteiger partial charge in [0.25, 0.3) is 0 Å². The van der Waals surface area contributed by atoms with Crippen molar-refractivity contribution in [3.63, 3.8) is 0 Å². The molecule has 1 aliphatic carbocycles. The number of ether oxygens (including phenoxy) is 2. The van der Waals surface area contributed by atoms with Crippen LogP contribution in [0.1, 0.15) is 36.5 Å². The van der Waals surface area contributed by atoms with Gasteiger partial charge in [-0.1, -0.05) is 12.5 Å².